The van der Waals surface area contributed by atoms with Gasteiger partial charge in [-0.05, 0) is 37.0 Å². The maximum atomic E-state index is 4.86. The highest BCUT2D eigenvalue weighted by atomic mass is 15.2. The van der Waals surface area contributed by atoms with Crippen LogP contribution in [0.25, 0.3) is 0 Å². The molecule has 20 heavy (non-hydrogen) atoms. The van der Waals surface area contributed by atoms with Crippen molar-refractivity contribution in [2.45, 2.75) is 65.0 Å². The highest BCUT2D eigenvalue weighted by Gasteiger charge is 2.21. The number of nitrogens with one attached hydrogen (secondary N) is 1. The van der Waals surface area contributed by atoms with E-state index in [-0.39, 0.29) is 5.41 Å². The van der Waals surface area contributed by atoms with Crippen LogP contribution in [0.1, 0.15) is 58.2 Å². The number of anilines is 1. The van der Waals surface area contributed by atoms with Gasteiger partial charge in [-0.3, -0.25) is 0 Å². The van der Waals surface area contributed by atoms with Crippen molar-refractivity contribution in [3.63, 3.8) is 0 Å². The van der Waals surface area contributed by atoms with Crippen LogP contribution in [0.4, 0.5) is 5.82 Å². The molecule has 0 amide bonds. The Bertz CT molecular complexity index is 444. The van der Waals surface area contributed by atoms with E-state index < -0.39 is 0 Å². The van der Waals surface area contributed by atoms with Gasteiger partial charge in [0.1, 0.15) is 5.82 Å². The van der Waals surface area contributed by atoms with Crippen LogP contribution in [-0.4, -0.2) is 24.6 Å². The number of hydrogen-bond donors (Lipinski definition) is 1. The summed E-state index contributed by atoms with van der Waals surface area (Å²) in [6, 6.07) is 5.25. The molecule has 1 saturated carbocycles. The lowest BCUT2D eigenvalue weighted by Gasteiger charge is -2.24. The third kappa shape index (κ3) is 4.20. The van der Waals surface area contributed by atoms with Gasteiger partial charge in [-0.1, -0.05) is 27.7 Å². The molecule has 0 atom stereocenters. The average molecular weight is 275 g/mol. The van der Waals surface area contributed by atoms with Gasteiger partial charge in [0.05, 0.1) is 0 Å². The zero-order chi connectivity index (χ0) is 14.8. The number of pyridine rings is 1. The molecule has 0 aromatic carbocycles. The molecular formula is C17H29N3. The van der Waals surface area contributed by atoms with Crippen LogP contribution in [0.15, 0.2) is 12.1 Å². The van der Waals surface area contributed by atoms with Crippen molar-refractivity contribution >= 4 is 5.82 Å². The van der Waals surface area contributed by atoms with Crippen molar-refractivity contribution in [3.05, 3.63) is 23.4 Å². The molecule has 3 heteroatoms. The summed E-state index contributed by atoms with van der Waals surface area (Å²) < 4.78 is 0. The molecule has 3 nitrogen and oxygen atoms in total. The Morgan fingerprint density at radius 3 is 2.55 bits per heavy atom. The summed E-state index contributed by atoms with van der Waals surface area (Å²) in [6.45, 7) is 10.9. The molecule has 2 rings (SSSR count). The van der Waals surface area contributed by atoms with Gasteiger partial charge in [0.25, 0.3) is 0 Å². The highest BCUT2D eigenvalue weighted by Crippen LogP contribution is 2.25. The molecule has 1 heterocycles. The number of aromatic nitrogens is 1. The maximum absolute atomic E-state index is 4.86. The Balaban J connectivity index is 2.22. The Kier molecular flexibility index (Phi) is 4.69. The molecule has 0 saturated heterocycles. The summed E-state index contributed by atoms with van der Waals surface area (Å²) in [4.78, 5) is 7.12. The minimum Gasteiger partial charge on any atom is -0.360 e. The first-order valence-electron chi connectivity index (χ1n) is 7.86. The fourth-order valence-corrected chi connectivity index (χ4v) is 2.25. The minimum atomic E-state index is 0.0946. The molecular weight excluding hydrogens is 246 g/mol. The van der Waals surface area contributed by atoms with Gasteiger partial charge >= 0.3 is 0 Å². The van der Waals surface area contributed by atoms with Gasteiger partial charge in [-0.25, -0.2) is 4.98 Å². The lowest BCUT2D eigenvalue weighted by atomic mass is 9.90. The predicted molar refractivity (Wildman–Crippen MR) is 86.4 cm³/mol. The summed E-state index contributed by atoms with van der Waals surface area (Å²) >= 11 is 0. The van der Waals surface area contributed by atoms with E-state index in [1.54, 1.807) is 0 Å². The van der Waals surface area contributed by atoms with Gasteiger partial charge < -0.3 is 10.2 Å². The third-order valence-electron chi connectivity index (χ3n) is 3.76. The molecule has 1 aromatic heterocycles. The van der Waals surface area contributed by atoms with Crippen molar-refractivity contribution in [1.82, 2.24) is 10.3 Å². The first-order valence-corrected chi connectivity index (χ1v) is 7.86. The summed E-state index contributed by atoms with van der Waals surface area (Å²) in [7, 11) is 2.14. The van der Waals surface area contributed by atoms with Crippen LogP contribution in [0.2, 0.25) is 0 Å². The summed E-state index contributed by atoms with van der Waals surface area (Å²) in [5, 5.41) is 3.60. The zero-order valence-corrected chi connectivity index (χ0v) is 13.7. The fraction of sp³-hybridized carbons (Fsp3) is 0.706. The van der Waals surface area contributed by atoms with Crippen molar-refractivity contribution in [1.29, 1.82) is 0 Å². The third-order valence-corrected chi connectivity index (χ3v) is 3.76. The van der Waals surface area contributed by atoms with Crippen LogP contribution in [0, 0.1) is 0 Å². The van der Waals surface area contributed by atoms with Crippen molar-refractivity contribution in [2.75, 3.05) is 18.5 Å². The minimum absolute atomic E-state index is 0.0946. The molecule has 1 fully saturated rings. The van der Waals surface area contributed by atoms with Crippen LogP contribution in [0.5, 0.6) is 0 Å². The molecule has 1 aliphatic carbocycles. The molecule has 0 bridgehead atoms. The van der Waals surface area contributed by atoms with Gasteiger partial charge in [-0.2, -0.15) is 0 Å². The van der Waals surface area contributed by atoms with E-state index in [0.29, 0.717) is 0 Å². The molecule has 1 aliphatic rings. The highest BCUT2D eigenvalue weighted by molar-refractivity contribution is 5.43. The second kappa shape index (κ2) is 6.13. The summed E-state index contributed by atoms with van der Waals surface area (Å²) in [5.74, 6) is 1.10. The first kappa shape index (κ1) is 15.3. The first-order chi connectivity index (χ1) is 9.40. The Morgan fingerprint density at radius 2 is 2.00 bits per heavy atom. The predicted octanol–water partition coefficient (Wildman–Crippen LogP) is 3.48. The summed E-state index contributed by atoms with van der Waals surface area (Å²) in [5.41, 5.74) is 2.64. The second-order valence-electron chi connectivity index (χ2n) is 7.05. The number of rotatable bonds is 6. The van der Waals surface area contributed by atoms with Gasteiger partial charge in [0, 0.05) is 37.3 Å². The van der Waals surface area contributed by atoms with Crippen molar-refractivity contribution < 1.29 is 0 Å². The number of hydrogen-bond acceptors (Lipinski definition) is 3. The van der Waals surface area contributed by atoms with Crippen LogP contribution < -0.4 is 10.2 Å². The van der Waals surface area contributed by atoms with Crippen LogP contribution in [0.3, 0.4) is 0 Å². The monoisotopic (exact) mass is 275 g/mol. The molecule has 0 aliphatic heterocycles. The van der Waals surface area contributed by atoms with E-state index in [4.69, 9.17) is 4.98 Å². The Hall–Kier alpha value is -1.09. The molecule has 0 spiro atoms. The lowest BCUT2D eigenvalue weighted by Crippen LogP contribution is -2.23. The smallest absolute Gasteiger partial charge is 0.128 e. The van der Waals surface area contributed by atoms with Crippen LogP contribution in [-0.2, 0) is 12.0 Å². The van der Waals surface area contributed by atoms with Gasteiger partial charge in [0.15, 0.2) is 0 Å². The topological polar surface area (TPSA) is 28.2 Å². The quantitative estimate of drug-likeness (QED) is 0.861. The Morgan fingerprint density at radius 1 is 1.30 bits per heavy atom. The van der Waals surface area contributed by atoms with E-state index in [1.165, 1.54) is 24.1 Å². The second-order valence-corrected chi connectivity index (χ2v) is 7.05. The Labute approximate surface area is 123 Å². The molecule has 0 unspecified atom stereocenters. The van der Waals surface area contributed by atoms with E-state index in [1.807, 2.05) is 0 Å². The van der Waals surface area contributed by atoms with Gasteiger partial charge in [0.2, 0.25) is 0 Å². The standard InChI is InChI=1S/C17H29N3/c1-6-9-20(5)16-11-13(12-18-14-7-8-14)10-15(19-16)17(2,3)4/h10-11,14,18H,6-9,12H2,1-5H3. The van der Waals surface area contributed by atoms with E-state index >= 15 is 0 Å². The van der Waals surface area contributed by atoms with E-state index in [9.17, 15) is 0 Å². The van der Waals surface area contributed by atoms with Crippen LogP contribution >= 0.6 is 0 Å². The van der Waals surface area contributed by atoms with Crippen molar-refractivity contribution in [3.8, 4) is 0 Å². The molecule has 1 aromatic rings. The molecule has 1 N–H and O–H groups in total. The average Bonchev–Trinajstić information content (AvgIpc) is 3.19. The van der Waals surface area contributed by atoms with E-state index in [0.717, 1.165) is 31.4 Å². The van der Waals surface area contributed by atoms with Crippen molar-refractivity contribution in [2.24, 2.45) is 0 Å². The largest absolute Gasteiger partial charge is 0.360 e. The fourth-order valence-electron chi connectivity index (χ4n) is 2.25. The zero-order valence-electron chi connectivity index (χ0n) is 13.7. The molecule has 112 valence electrons. The lowest BCUT2D eigenvalue weighted by molar-refractivity contribution is 0.565. The van der Waals surface area contributed by atoms with Gasteiger partial charge in [-0.15, -0.1) is 0 Å². The summed E-state index contributed by atoms with van der Waals surface area (Å²) in [6.07, 6.45) is 3.81. The SMILES string of the molecule is CCCN(C)c1cc(CNC2CC2)cc(C(C)(C)C)n1. The normalized spacial score (nSPS) is 15.4. The maximum Gasteiger partial charge on any atom is 0.128 e. The van der Waals surface area contributed by atoms with E-state index in [2.05, 4.69) is 57.1 Å². The number of nitrogens with zero attached hydrogens (tertiary/aromatic N) is 2. The molecule has 0 radical (unpaired) electrons.